The van der Waals surface area contributed by atoms with Gasteiger partial charge in [-0.25, -0.2) is 4.79 Å². The van der Waals surface area contributed by atoms with Gasteiger partial charge in [0.05, 0.1) is 29.1 Å². The number of esters is 1. The van der Waals surface area contributed by atoms with E-state index in [-0.39, 0.29) is 48.4 Å². The van der Waals surface area contributed by atoms with Crippen LogP contribution in [0.5, 0.6) is 11.5 Å². The van der Waals surface area contributed by atoms with Crippen molar-refractivity contribution in [2.24, 2.45) is 5.92 Å². The average molecular weight is 471 g/mol. The van der Waals surface area contributed by atoms with E-state index in [1.165, 1.54) is 6.07 Å². The lowest BCUT2D eigenvalue weighted by molar-refractivity contribution is -0.398. The number of hydrogen-bond donors (Lipinski definition) is 1. The molecular formula is C24H27N2O8-. The van der Waals surface area contributed by atoms with Crippen LogP contribution >= 0.6 is 0 Å². The fraction of sp³-hybridized carbons (Fsp3) is 0.500. The topological polar surface area (TPSA) is 140 Å². The minimum absolute atomic E-state index is 0.0769. The molecule has 0 amide bonds. The lowest BCUT2D eigenvalue weighted by Gasteiger charge is -2.38. The molecule has 1 fully saturated rings. The summed E-state index contributed by atoms with van der Waals surface area (Å²) in [6, 6.07) is 2.54. The van der Waals surface area contributed by atoms with Crippen molar-refractivity contribution in [1.29, 1.82) is 0 Å². The molecular weight excluding hydrogens is 444 g/mol. The zero-order valence-electron chi connectivity index (χ0n) is 19.1. The number of benzene rings is 1. The van der Waals surface area contributed by atoms with Gasteiger partial charge in [-0.3, -0.25) is 14.9 Å². The van der Waals surface area contributed by atoms with E-state index in [0.717, 1.165) is 18.9 Å². The minimum Gasteiger partial charge on any atom is -0.865 e. The minimum atomic E-state index is -0.865. The Morgan fingerprint density at radius 2 is 2.12 bits per heavy atom. The molecule has 0 aromatic heterocycles. The van der Waals surface area contributed by atoms with E-state index < -0.39 is 34.2 Å². The number of hydrogen-bond acceptors (Lipinski definition) is 9. The highest BCUT2D eigenvalue weighted by Gasteiger charge is 2.44. The summed E-state index contributed by atoms with van der Waals surface area (Å²) in [7, 11) is 0. The van der Waals surface area contributed by atoms with Crippen molar-refractivity contribution in [3.8, 4) is 11.5 Å². The summed E-state index contributed by atoms with van der Waals surface area (Å²) in [4.78, 5) is 37.2. The van der Waals surface area contributed by atoms with E-state index in [1.807, 2.05) is 6.08 Å². The monoisotopic (exact) mass is 471 g/mol. The van der Waals surface area contributed by atoms with Crippen molar-refractivity contribution in [3.05, 3.63) is 50.9 Å². The average Bonchev–Trinajstić information content (AvgIpc) is 3.32. The van der Waals surface area contributed by atoms with Crippen LogP contribution < -0.4 is 15.2 Å². The number of nitro groups is 1. The number of fused-ring (bicyclic) bond motifs is 1. The second kappa shape index (κ2) is 9.84. The summed E-state index contributed by atoms with van der Waals surface area (Å²) < 4.78 is 16.5. The van der Waals surface area contributed by atoms with Gasteiger partial charge in [0.2, 0.25) is 0 Å². The van der Waals surface area contributed by atoms with Gasteiger partial charge in [0, 0.05) is 42.2 Å². The van der Waals surface area contributed by atoms with Gasteiger partial charge in [-0.15, -0.1) is 0 Å². The zero-order valence-corrected chi connectivity index (χ0v) is 19.1. The SMILES string of the molecule is CCOc1cc(C2C(C(=O)OCC3CCCO3)=C(C)NC3=CCCC(=O)C32)cc([N+](=O)[O-])c1[O-]. The standard InChI is InChI=1S/C24H28N2O8/c1-3-32-19-11-14(10-17(23(19)28)26(30)31)21-20(24(29)34-12-15-6-5-9-33-15)13(2)25-16-7-4-8-18(27)22(16)21/h7,10-11,15,21-22,25,28H,3-6,8-9,12H2,1-2H3/p-1. The Labute approximate surface area is 196 Å². The van der Waals surface area contributed by atoms with Crippen LogP contribution in [0.15, 0.2) is 35.2 Å². The summed E-state index contributed by atoms with van der Waals surface area (Å²) in [5.74, 6) is -3.39. The van der Waals surface area contributed by atoms with E-state index >= 15 is 0 Å². The molecule has 3 aliphatic rings. The van der Waals surface area contributed by atoms with Gasteiger partial charge >= 0.3 is 5.97 Å². The maximum absolute atomic E-state index is 13.3. The molecule has 1 aliphatic carbocycles. The Morgan fingerprint density at radius 3 is 2.79 bits per heavy atom. The fourth-order valence-electron chi connectivity index (χ4n) is 4.85. The summed E-state index contributed by atoms with van der Waals surface area (Å²) in [5, 5.41) is 27.3. The normalized spacial score (nSPS) is 24.2. The van der Waals surface area contributed by atoms with Gasteiger partial charge < -0.3 is 24.6 Å². The van der Waals surface area contributed by atoms with Crippen molar-refractivity contribution >= 4 is 17.4 Å². The van der Waals surface area contributed by atoms with Gasteiger partial charge in [-0.2, -0.15) is 0 Å². The number of ether oxygens (including phenoxy) is 3. The lowest BCUT2D eigenvalue weighted by atomic mass is 9.71. The molecule has 10 nitrogen and oxygen atoms in total. The molecule has 1 aromatic carbocycles. The van der Waals surface area contributed by atoms with Gasteiger partial charge in [0.15, 0.2) is 0 Å². The number of carbonyl (C=O) groups excluding carboxylic acids is 2. The highest BCUT2D eigenvalue weighted by Crippen LogP contribution is 2.47. The van der Waals surface area contributed by atoms with Crippen molar-refractivity contribution in [1.82, 2.24) is 5.32 Å². The Bertz CT molecular complexity index is 1070. The largest absolute Gasteiger partial charge is 0.865 e. The summed E-state index contributed by atoms with van der Waals surface area (Å²) in [6.07, 6.45) is 4.23. The molecule has 3 unspecified atom stereocenters. The molecule has 1 aromatic rings. The number of nitrogens with one attached hydrogen (secondary N) is 1. The first-order valence-electron chi connectivity index (χ1n) is 11.4. The molecule has 182 valence electrons. The van der Waals surface area contributed by atoms with E-state index in [1.54, 1.807) is 13.8 Å². The molecule has 2 aliphatic heterocycles. The Kier molecular flexibility index (Phi) is 6.87. The second-order valence-electron chi connectivity index (χ2n) is 8.57. The molecule has 4 rings (SSSR count). The summed E-state index contributed by atoms with van der Waals surface area (Å²) in [5.41, 5.74) is 0.946. The van der Waals surface area contributed by atoms with Crippen LogP contribution in [0.1, 0.15) is 51.0 Å². The number of carbonyl (C=O) groups is 2. The van der Waals surface area contributed by atoms with Crippen LogP contribution in [-0.4, -0.2) is 42.6 Å². The van der Waals surface area contributed by atoms with E-state index in [9.17, 15) is 24.8 Å². The second-order valence-corrected chi connectivity index (χ2v) is 8.57. The zero-order chi connectivity index (χ0) is 24.4. The van der Waals surface area contributed by atoms with Crippen molar-refractivity contribution in [2.75, 3.05) is 19.8 Å². The number of nitro benzene ring substituents is 1. The van der Waals surface area contributed by atoms with Gasteiger partial charge in [0.25, 0.3) is 5.69 Å². The maximum Gasteiger partial charge on any atom is 0.336 e. The Hall–Kier alpha value is -3.40. The lowest BCUT2D eigenvalue weighted by Crippen LogP contribution is -2.41. The van der Waals surface area contributed by atoms with E-state index in [0.29, 0.717) is 24.4 Å². The quantitative estimate of drug-likeness (QED) is 0.361. The van der Waals surface area contributed by atoms with Gasteiger partial charge in [-0.05, 0) is 44.7 Å². The number of Topliss-reactive ketones (excluding diaryl/α,β-unsaturated/α-hetero) is 1. The third kappa shape index (κ3) is 4.50. The first-order valence-corrected chi connectivity index (χ1v) is 11.4. The molecule has 10 heteroatoms. The molecule has 0 bridgehead atoms. The van der Waals surface area contributed by atoms with Gasteiger partial charge in [-0.1, -0.05) is 6.08 Å². The third-order valence-electron chi connectivity index (χ3n) is 6.37. The third-order valence-corrected chi connectivity index (χ3v) is 6.37. The highest BCUT2D eigenvalue weighted by molar-refractivity contribution is 5.96. The van der Waals surface area contributed by atoms with Gasteiger partial charge in [0.1, 0.15) is 18.1 Å². The first-order chi connectivity index (χ1) is 16.3. The van der Waals surface area contributed by atoms with Crippen LogP contribution in [0, 0.1) is 16.0 Å². The van der Waals surface area contributed by atoms with Crippen LogP contribution in [0.4, 0.5) is 5.69 Å². The number of allylic oxidation sites excluding steroid dienone is 3. The van der Waals surface area contributed by atoms with Crippen LogP contribution in [-0.2, 0) is 19.1 Å². The molecule has 3 atom stereocenters. The number of ketones is 1. The van der Waals surface area contributed by atoms with Crippen molar-refractivity contribution in [3.63, 3.8) is 0 Å². The van der Waals surface area contributed by atoms with Crippen LogP contribution in [0.2, 0.25) is 0 Å². The van der Waals surface area contributed by atoms with Crippen molar-refractivity contribution in [2.45, 2.75) is 51.6 Å². The first kappa shape index (κ1) is 23.7. The van der Waals surface area contributed by atoms with E-state index in [4.69, 9.17) is 14.2 Å². The number of rotatable bonds is 7. The van der Waals surface area contributed by atoms with E-state index in [2.05, 4.69) is 5.32 Å². The molecule has 0 spiro atoms. The number of nitrogens with zero attached hydrogens (tertiary/aromatic N) is 1. The fourth-order valence-corrected chi connectivity index (χ4v) is 4.85. The summed E-state index contributed by atoms with van der Waals surface area (Å²) in [6.45, 7) is 4.18. The molecule has 1 N–H and O–H groups in total. The Morgan fingerprint density at radius 1 is 1.32 bits per heavy atom. The van der Waals surface area contributed by atoms with Crippen LogP contribution in [0.3, 0.4) is 0 Å². The predicted molar refractivity (Wildman–Crippen MR) is 118 cm³/mol. The molecule has 0 radical (unpaired) electrons. The smallest absolute Gasteiger partial charge is 0.336 e. The predicted octanol–water partition coefficient (Wildman–Crippen LogP) is 2.61. The molecule has 2 heterocycles. The van der Waals surface area contributed by atoms with Crippen molar-refractivity contribution < 1.29 is 33.8 Å². The molecule has 0 saturated carbocycles. The molecule has 34 heavy (non-hydrogen) atoms. The Balaban J connectivity index is 1.81. The maximum atomic E-state index is 13.3. The highest BCUT2D eigenvalue weighted by atomic mass is 16.6. The molecule has 1 saturated heterocycles. The summed E-state index contributed by atoms with van der Waals surface area (Å²) >= 11 is 0. The van der Waals surface area contributed by atoms with Crippen LogP contribution in [0.25, 0.3) is 0 Å².